The topological polar surface area (TPSA) is 119 Å². The van der Waals surface area contributed by atoms with Gasteiger partial charge in [0.05, 0.1) is 54.3 Å². The van der Waals surface area contributed by atoms with Gasteiger partial charge in [0.1, 0.15) is 17.7 Å². The Hall–Kier alpha value is -5.81. The quantitative estimate of drug-likeness (QED) is 0.163. The number of hydrogen-bond donors (Lipinski definition) is 2. The van der Waals surface area contributed by atoms with Crippen molar-refractivity contribution in [3.8, 4) is 33.6 Å². The van der Waals surface area contributed by atoms with Crippen LogP contribution in [-0.4, -0.2) is 83.2 Å². The largest absolute Gasteiger partial charge is 0.340 e. The second-order valence-corrected chi connectivity index (χ2v) is 14.4. The molecule has 3 aromatic heterocycles. The van der Waals surface area contributed by atoms with Crippen molar-refractivity contribution >= 4 is 11.8 Å². The summed E-state index contributed by atoms with van der Waals surface area (Å²) in [6.07, 6.45) is 11.3. The summed E-state index contributed by atoms with van der Waals surface area (Å²) in [6, 6.07) is 26.4. The highest BCUT2D eigenvalue weighted by Crippen LogP contribution is 2.36. The number of likely N-dealkylation sites (N-methyl/N-ethyl adjacent to an activating group) is 1. The summed E-state index contributed by atoms with van der Waals surface area (Å²) in [6.45, 7) is 1.45. The van der Waals surface area contributed by atoms with Gasteiger partial charge in [-0.3, -0.25) is 14.5 Å². The van der Waals surface area contributed by atoms with E-state index in [0.29, 0.717) is 6.42 Å². The van der Waals surface area contributed by atoms with Gasteiger partial charge in [0.2, 0.25) is 11.8 Å². The van der Waals surface area contributed by atoms with E-state index in [0.717, 1.165) is 95.3 Å². The third-order valence-electron chi connectivity index (χ3n) is 10.6. The van der Waals surface area contributed by atoms with Crippen LogP contribution in [0.3, 0.4) is 0 Å². The van der Waals surface area contributed by atoms with Gasteiger partial charge in [0, 0.05) is 26.3 Å². The summed E-state index contributed by atoms with van der Waals surface area (Å²) in [4.78, 5) is 53.8. The van der Waals surface area contributed by atoms with Crippen molar-refractivity contribution in [1.82, 2.24) is 44.2 Å². The van der Waals surface area contributed by atoms with Crippen LogP contribution in [0, 0.1) is 0 Å². The minimum atomic E-state index is -0.340. The number of aryl methyl sites for hydroxylation is 1. The maximum Gasteiger partial charge on any atom is 0.245 e. The number of imidazole rings is 3. The number of H-pyrrole nitrogens is 2. The molecule has 8 rings (SSSR count). The van der Waals surface area contributed by atoms with Crippen LogP contribution in [0.25, 0.3) is 33.6 Å². The average molecular weight is 708 g/mol. The highest BCUT2D eigenvalue weighted by molar-refractivity contribution is 5.84. The number of likely N-dealkylation sites (tertiary alicyclic amines) is 2. The van der Waals surface area contributed by atoms with E-state index in [1.807, 2.05) is 89.3 Å². The summed E-state index contributed by atoms with van der Waals surface area (Å²) in [5.74, 6) is 1.84. The molecule has 11 heteroatoms. The first kappa shape index (κ1) is 34.3. The van der Waals surface area contributed by atoms with Crippen LogP contribution in [-0.2, 0) is 23.1 Å². The molecule has 0 aliphatic carbocycles. The molecule has 11 nitrogen and oxygen atoms in total. The molecule has 3 atom stereocenters. The molecule has 2 N–H and O–H groups in total. The number of carbonyl (C=O) groups excluding carboxylic acids is 2. The van der Waals surface area contributed by atoms with E-state index < -0.39 is 0 Å². The lowest BCUT2D eigenvalue weighted by atomic mass is 10.0. The highest BCUT2D eigenvalue weighted by atomic mass is 16.2. The molecule has 3 aromatic carbocycles. The predicted octanol–water partition coefficient (Wildman–Crippen LogP) is 6.74. The SMILES string of the molecule is CN(C)C(C(=O)N1CCC[C@H]1c1ncc(-c2ccc(-c3ccc(-c4cnc([C@@H]5CCCN5C(=O)Cc5cn(C)cn5)[nH]4)cc3)cc2)[nH]1)c1ccccc1. The summed E-state index contributed by atoms with van der Waals surface area (Å²) >= 11 is 0. The smallest absolute Gasteiger partial charge is 0.245 e. The number of carbonyl (C=O) groups is 2. The molecule has 0 spiro atoms. The summed E-state index contributed by atoms with van der Waals surface area (Å²) in [7, 11) is 5.83. The van der Waals surface area contributed by atoms with E-state index in [2.05, 4.69) is 63.5 Å². The zero-order chi connectivity index (χ0) is 36.5. The Morgan fingerprint density at radius 1 is 0.736 bits per heavy atom. The van der Waals surface area contributed by atoms with Crippen LogP contribution in [0.1, 0.15) is 66.7 Å². The van der Waals surface area contributed by atoms with Gasteiger partial charge in [0.15, 0.2) is 0 Å². The molecule has 0 bridgehead atoms. The van der Waals surface area contributed by atoms with E-state index in [1.165, 1.54) is 0 Å². The zero-order valence-electron chi connectivity index (χ0n) is 30.4. The van der Waals surface area contributed by atoms with Crippen LogP contribution in [0.5, 0.6) is 0 Å². The van der Waals surface area contributed by atoms with Crippen LogP contribution >= 0.6 is 0 Å². The third kappa shape index (κ3) is 7.04. The fraction of sp³-hybridized carbons (Fsp3) is 0.310. The number of benzene rings is 3. The van der Waals surface area contributed by atoms with E-state index in [4.69, 9.17) is 9.97 Å². The molecule has 2 aliphatic heterocycles. The average Bonchev–Trinajstić information content (AvgIpc) is 4.02. The molecule has 53 heavy (non-hydrogen) atoms. The molecule has 2 aliphatic rings. The Balaban J connectivity index is 0.921. The zero-order valence-corrected chi connectivity index (χ0v) is 30.4. The van der Waals surface area contributed by atoms with E-state index in [1.54, 1.807) is 6.33 Å². The molecule has 0 radical (unpaired) electrons. The summed E-state index contributed by atoms with van der Waals surface area (Å²) < 4.78 is 1.86. The van der Waals surface area contributed by atoms with Gasteiger partial charge in [0.25, 0.3) is 0 Å². The minimum absolute atomic E-state index is 0.0571. The number of amides is 2. The Morgan fingerprint density at radius 3 is 1.79 bits per heavy atom. The maximum atomic E-state index is 13.9. The Bertz CT molecular complexity index is 2180. The first-order valence-corrected chi connectivity index (χ1v) is 18.4. The molecule has 270 valence electrons. The van der Waals surface area contributed by atoms with Gasteiger partial charge in [-0.15, -0.1) is 0 Å². The summed E-state index contributed by atoms with van der Waals surface area (Å²) in [5.41, 5.74) is 7.95. The standard InChI is InChI=1S/C42H45N9O2/c1-48(2)39(32-9-5-4-6-10-32)42(53)51-22-8-12-37(51)41-44-25-35(47-41)31-19-15-29(16-20-31)28-13-17-30(18-14-28)34-24-43-40(46-34)36-11-7-21-50(36)38(52)23-33-26-49(3)27-45-33/h4-6,9-10,13-20,24-27,36-37,39H,7-8,11-12,21-23H2,1-3H3,(H,43,46)(H,44,47)/t36-,37-,39?/m0/s1. The van der Waals surface area contributed by atoms with Crippen molar-refractivity contribution in [1.29, 1.82) is 0 Å². The van der Waals surface area contributed by atoms with Gasteiger partial charge >= 0.3 is 0 Å². The molecule has 6 aromatic rings. The second kappa shape index (κ2) is 14.7. The van der Waals surface area contributed by atoms with E-state index in [9.17, 15) is 9.59 Å². The third-order valence-corrected chi connectivity index (χ3v) is 10.6. The Labute approximate surface area is 309 Å². The number of aromatic nitrogens is 6. The normalized spacial score (nSPS) is 17.9. The second-order valence-electron chi connectivity index (χ2n) is 14.4. The fourth-order valence-electron chi connectivity index (χ4n) is 7.92. The van der Waals surface area contributed by atoms with Crippen LogP contribution in [0.2, 0.25) is 0 Å². The van der Waals surface area contributed by atoms with Gasteiger partial charge in [-0.1, -0.05) is 78.9 Å². The van der Waals surface area contributed by atoms with Gasteiger partial charge < -0.3 is 24.3 Å². The predicted molar refractivity (Wildman–Crippen MR) is 204 cm³/mol. The van der Waals surface area contributed by atoms with Crippen LogP contribution in [0.4, 0.5) is 0 Å². The van der Waals surface area contributed by atoms with Gasteiger partial charge in [-0.2, -0.15) is 0 Å². The monoisotopic (exact) mass is 707 g/mol. The molecule has 0 saturated carbocycles. The molecule has 2 amide bonds. The first-order chi connectivity index (χ1) is 25.8. The number of aromatic amines is 2. The highest BCUT2D eigenvalue weighted by Gasteiger charge is 2.37. The van der Waals surface area contributed by atoms with Crippen molar-refractivity contribution in [3.05, 3.63) is 127 Å². The number of nitrogens with one attached hydrogen (secondary N) is 2. The minimum Gasteiger partial charge on any atom is -0.340 e. The van der Waals surface area contributed by atoms with Crippen molar-refractivity contribution in [2.24, 2.45) is 7.05 Å². The number of nitrogens with zero attached hydrogens (tertiary/aromatic N) is 7. The first-order valence-electron chi connectivity index (χ1n) is 18.4. The van der Waals surface area contributed by atoms with Crippen LogP contribution in [0.15, 0.2) is 104 Å². The van der Waals surface area contributed by atoms with Crippen molar-refractivity contribution < 1.29 is 9.59 Å². The Kier molecular flexibility index (Phi) is 9.49. The van der Waals surface area contributed by atoms with Crippen molar-refractivity contribution in [2.75, 3.05) is 27.2 Å². The van der Waals surface area contributed by atoms with Crippen molar-refractivity contribution in [2.45, 2.75) is 50.2 Å². The van der Waals surface area contributed by atoms with Crippen molar-refractivity contribution in [3.63, 3.8) is 0 Å². The van der Waals surface area contributed by atoms with Crippen LogP contribution < -0.4 is 0 Å². The molecule has 5 heterocycles. The van der Waals surface area contributed by atoms with Gasteiger partial charge in [-0.05, 0) is 67.6 Å². The Morgan fingerprint density at radius 2 is 1.26 bits per heavy atom. The van der Waals surface area contributed by atoms with Gasteiger partial charge in [-0.25, -0.2) is 15.0 Å². The molecular formula is C42H45N9O2. The van der Waals surface area contributed by atoms with E-state index in [-0.39, 0.29) is 29.9 Å². The maximum absolute atomic E-state index is 13.9. The summed E-state index contributed by atoms with van der Waals surface area (Å²) in [5, 5.41) is 0. The van der Waals surface area contributed by atoms with E-state index >= 15 is 0 Å². The molecule has 2 fully saturated rings. The molecular weight excluding hydrogens is 663 g/mol. The molecule has 2 saturated heterocycles. The lowest BCUT2D eigenvalue weighted by molar-refractivity contribution is -0.137. The number of hydrogen-bond acceptors (Lipinski definition) is 6. The lowest BCUT2D eigenvalue weighted by Gasteiger charge is -2.31. The fourth-order valence-corrected chi connectivity index (χ4v) is 7.92. The lowest BCUT2D eigenvalue weighted by Crippen LogP contribution is -2.40. The number of rotatable bonds is 10. The molecule has 1 unspecified atom stereocenters.